The molecule has 82 valence electrons. The second-order valence-corrected chi connectivity index (χ2v) is 4.43. The summed E-state index contributed by atoms with van der Waals surface area (Å²) in [5.74, 6) is 0.0512. The standard InChI is InChI=1S/C10H16N4O/c1-10(2)7-11-3-4-14(10)9(15)8-5-12-13-6-8/h5-6,11H,3-4,7H2,1-2H3,(H,12,13). The highest BCUT2D eigenvalue weighted by molar-refractivity contribution is 5.94. The normalized spacial score (nSPS) is 20.3. The fourth-order valence-corrected chi connectivity index (χ4v) is 1.88. The van der Waals surface area contributed by atoms with E-state index in [2.05, 4.69) is 29.4 Å². The number of rotatable bonds is 1. The molecule has 0 aromatic carbocycles. The minimum Gasteiger partial charge on any atom is -0.331 e. The summed E-state index contributed by atoms with van der Waals surface area (Å²) in [6.07, 6.45) is 3.21. The molecule has 2 rings (SSSR count). The maximum Gasteiger partial charge on any atom is 0.257 e. The van der Waals surface area contributed by atoms with E-state index in [0.29, 0.717) is 5.56 Å². The van der Waals surface area contributed by atoms with Gasteiger partial charge in [-0.15, -0.1) is 0 Å². The Hall–Kier alpha value is -1.36. The number of piperazine rings is 1. The Kier molecular flexibility index (Phi) is 2.48. The smallest absolute Gasteiger partial charge is 0.257 e. The number of hydrogen-bond acceptors (Lipinski definition) is 3. The quantitative estimate of drug-likeness (QED) is 0.694. The second-order valence-electron chi connectivity index (χ2n) is 4.43. The van der Waals surface area contributed by atoms with Crippen LogP contribution in [0.3, 0.4) is 0 Å². The van der Waals surface area contributed by atoms with Gasteiger partial charge in [-0.2, -0.15) is 5.10 Å². The van der Waals surface area contributed by atoms with Gasteiger partial charge in [0, 0.05) is 25.8 Å². The number of hydrogen-bond donors (Lipinski definition) is 2. The molecule has 0 atom stereocenters. The fourth-order valence-electron chi connectivity index (χ4n) is 1.88. The molecule has 0 bridgehead atoms. The Bertz CT molecular complexity index is 344. The molecule has 0 radical (unpaired) electrons. The van der Waals surface area contributed by atoms with Crippen LogP contribution < -0.4 is 5.32 Å². The first-order valence-electron chi connectivity index (χ1n) is 5.13. The van der Waals surface area contributed by atoms with Crippen molar-refractivity contribution in [3.05, 3.63) is 18.0 Å². The van der Waals surface area contributed by atoms with Crippen molar-refractivity contribution in [2.24, 2.45) is 0 Å². The Morgan fingerprint density at radius 3 is 3.00 bits per heavy atom. The monoisotopic (exact) mass is 208 g/mol. The molecule has 5 nitrogen and oxygen atoms in total. The number of H-pyrrole nitrogens is 1. The van der Waals surface area contributed by atoms with Gasteiger partial charge in [-0.1, -0.05) is 0 Å². The molecule has 1 aliphatic rings. The summed E-state index contributed by atoms with van der Waals surface area (Å²) in [6.45, 7) is 6.56. The van der Waals surface area contributed by atoms with Crippen molar-refractivity contribution in [2.45, 2.75) is 19.4 Å². The number of carbonyl (C=O) groups is 1. The molecule has 0 spiro atoms. The van der Waals surface area contributed by atoms with Gasteiger partial charge in [0.2, 0.25) is 0 Å². The molecule has 15 heavy (non-hydrogen) atoms. The van der Waals surface area contributed by atoms with E-state index in [1.165, 1.54) is 0 Å². The molecule has 5 heteroatoms. The molecule has 1 aromatic rings. The molecule has 2 heterocycles. The van der Waals surface area contributed by atoms with Crippen LogP contribution in [0.1, 0.15) is 24.2 Å². The van der Waals surface area contributed by atoms with Gasteiger partial charge in [0.15, 0.2) is 0 Å². The number of carbonyl (C=O) groups excluding carboxylic acids is 1. The van der Waals surface area contributed by atoms with Crippen LogP contribution in [0.4, 0.5) is 0 Å². The van der Waals surface area contributed by atoms with E-state index in [-0.39, 0.29) is 11.4 Å². The van der Waals surface area contributed by atoms with Gasteiger partial charge < -0.3 is 10.2 Å². The van der Waals surface area contributed by atoms with E-state index in [9.17, 15) is 4.79 Å². The van der Waals surface area contributed by atoms with Crippen LogP contribution in [0.25, 0.3) is 0 Å². The molecule has 0 unspecified atom stereocenters. The third kappa shape index (κ3) is 1.87. The number of aromatic amines is 1. The van der Waals surface area contributed by atoms with Gasteiger partial charge in [-0.3, -0.25) is 9.89 Å². The summed E-state index contributed by atoms with van der Waals surface area (Å²) in [5.41, 5.74) is 0.497. The largest absolute Gasteiger partial charge is 0.331 e. The van der Waals surface area contributed by atoms with Crippen LogP contribution in [0.5, 0.6) is 0 Å². The van der Waals surface area contributed by atoms with Gasteiger partial charge in [0.05, 0.1) is 17.3 Å². The number of nitrogens with one attached hydrogen (secondary N) is 2. The van der Waals surface area contributed by atoms with Crippen molar-refractivity contribution in [3.8, 4) is 0 Å². The van der Waals surface area contributed by atoms with Gasteiger partial charge in [0.25, 0.3) is 5.91 Å². The third-order valence-corrected chi connectivity index (χ3v) is 2.79. The lowest BCUT2D eigenvalue weighted by Crippen LogP contribution is -2.59. The van der Waals surface area contributed by atoms with Crippen LogP contribution in [0.15, 0.2) is 12.4 Å². The van der Waals surface area contributed by atoms with Crippen LogP contribution in [0.2, 0.25) is 0 Å². The zero-order valence-electron chi connectivity index (χ0n) is 9.08. The van der Waals surface area contributed by atoms with Crippen molar-refractivity contribution in [1.82, 2.24) is 20.4 Å². The Morgan fingerprint density at radius 1 is 1.60 bits per heavy atom. The minimum absolute atomic E-state index is 0.0512. The lowest BCUT2D eigenvalue weighted by molar-refractivity contribution is 0.0477. The van der Waals surface area contributed by atoms with Crippen molar-refractivity contribution in [2.75, 3.05) is 19.6 Å². The number of nitrogens with zero attached hydrogens (tertiary/aromatic N) is 2. The highest BCUT2D eigenvalue weighted by Crippen LogP contribution is 2.18. The van der Waals surface area contributed by atoms with Gasteiger partial charge in [0.1, 0.15) is 0 Å². The molecule has 1 fully saturated rings. The molecule has 2 N–H and O–H groups in total. The molecule has 1 saturated heterocycles. The maximum absolute atomic E-state index is 12.1. The van der Waals surface area contributed by atoms with Gasteiger partial charge in [-0.25, -0.2) is 0 Å². The van der Waals surface area contributed by atoms with Crippen molar-refractivity contribution in [1.29, 1.82) is 0 Å². The number of aromatic nitrogens is 2. The highest BCUT2D eigenvalue weighted by atomic mass is 16.2. The molecule has 0 saturated carbocycles. The van der Waals surface area contributed by atoms with Crippen molar-refractivity contribution < 1.29 is 4.79 Å². The molecular weight excluding hydrogens is 192 g/mol. The average Bonchev–Trinajstić information content (AvgIpc) is 2.69. The third-order valence-electron chi connectivity index (χ3n) is 2.79. The van der Waals surface area contributed by atoms with Gasteiger partial charge >= 0.3 is 0 Å². The molecule has 1 amide bonds. The van der Waals surface area contributed by atoms with Crippen LogP contribution in [0, 0.1) is 0 Å². The summed E-state index contributed by atoms with van der Waals surface area (Å²) >= 11 is 0. The summed E-state index contributed by atoms with van der Waals surface area (Å²) in [7, 11) is 0. The lowest BCUT2D eigenvalue weighted by atomic mass is 9.99. The van der Waals surface area contributed by atoms with Crippen LogP contribution >= 0.6 is 0 Å². The first-order valence-corrected chi connectivity index (χ1v) is 5.13. The second kappa shape index (κ2) is 3.66. The lowest BCUT2D eigenvalue weighted by Gasteiger charge is -2.42. The maximum atomic E-state index is 12.1. The van der Waals surface area contributed by atoms with Crippen LogP contribution in [-0.2, 0) is 0 Å². The van der Waals surface area contributed by atoms with E-state index in [0.717, 1.165) is 19.6 Å². The topological polar surface area (TPSA) is 61.0 Å². The molecule has 0 aliphatic carbocycles. The highest BCUT2D eigenvalue weighted by Gasteiger charge is 2.33. The number of amides is 1. The Morgan fingerprint density at radius 2 is 2.40 bits per heavy atom. The SMILES string of the molecule is CC1(C)CNCCN1C(=O)c1cn[nH]c1. The summed E-state index contributed by atoms with van der Waals surface area (Å²) < 4.78 is 0. The van der Waals surface area contributed by atoms with Crippen molar-refractivity contribution >= 4 is 5.91 Å². The Labute approximate surface area is 88.8 Å². The Balaban J connectivity index is 2.19. The van der Waals surface area contributed by atoms with E-state index in [4.69, 9.17) is 0 Å². The summed E-state index contributed by atoms with van der Waals surface area (Å²) in [5, 5.41) is 9.75. The van der Waals surface area contributed by atoms with E-state index in [1.807, 2.05) is 4.90 Å². The fraction of sp³-hybridized carbons (Fsp3) is 0.600. The summed E-state index contributed by atoms with van der Waals surface area (Å²) in [6, 6.07) is 0. The van der Waals surface area contributed by atoms with E-state index < -0.39 is 0 Å². The average molecular weight is 208 g/mol. The van der Waals surface area contributed by atoms with Crippen LogP contribution in [-0.4, -0.2) is 46.2 Å². The minimum atomic E-state index is -0.132. The molecular formula is C10H16N4O. The van der Waals surface area contributed by atoms with E-state index in [1.54, 1.807) is 12.4 Å². The van der Waals surface area contributed by atoms with Gasteiger partial charge in [-0.05, 0) is 13.8 Å². The zero-order valence-corrected chi connectivity index (χ0v) is 9.08. The molecule has 1 aromatic heterocycles. The summed E-state index contributed by atoms with van der Waals surface area (Å²) in [4.78, 5) is 14.0. The predicted molar refractivity (Wildman–Crippen MR) is 56.6 cm³/mol. The first kappa shape index (κ1) is 10.2. The predicted octanol–water partition coefficient (Wildman–Crippen LogP) is 0.234. The molecule has 1 aliphatic heterocycles. The van der Waals surface area contributed by atoms with E-state index >= 15 is 0 Å². The van der Waals surface area contributed by atoms with Crippen molar-refractivity contribution in [3.63, 3.8) is 0 Å². The zero-order chi connectivity index (χ0) is 10.9. The first-order chi connectivity index (χ1) is 7.11.